The van der Waals surface area contributed by atoms with Gasteiger partial charge in [-0.2, -0.15) is 9.49 Å². The number of hydrogen-bond acceptors (Lipinski definition) is 7. The second-order valence-corrected chi connectivity index (χ2v) is 13.3. The lowest BCUT2D eigenvalue weighted by molar-refractivity contribution is 0.0817. The van der Waals surface area contributed by atoms with E-state index < -0.39 is 13.9 Å². The molecule has 0 saturated heterocycles. The summed E-state index contributed by atoms with van der Waals surface area (Å²) in [5.74, 6) is -0.433. The van der Waals surface area contributed by atoms with Gasteiger partial charge in [-0.15, -0.1) is 0 Å². The third kappa shape index (κ3) is 4.57. The van der Waals surface area contributed by atoms with Gasteiger partial charge in [0.2, 0.25) is 5.82 Å². The van der Waals surface area contributed by atoms with Gasteiger partial charge in [-0.3, -0.25) is 0 Å². The number of nitrogen functional groups attached to an aromatic ring is 1. The Morgan fingerprint density at radius 3 is 2.75 bits per heavy atom. The Balaban J connectivity index is 1.82. The van der Waals surface area contributed by atoms with Crippen LogP contribution in [0.3, 0.4) is 0 Å². The molecule has 3 aromatic rings. The van der Waals surface area contributed by atoms with Gasteiger partial charge in [-0.05, 0) is 12.1 Å². The Labute approximate surface area is 163 Å². The van der Waals surface area contributed by atoms with E-state index in [9.17, 15) is 4.39 Å². The van der Waals surface area contributed by atoms with E-state index in [0.29, 0.717) is 24.8 Å². The molecule has 0 fully saturated rings. The van der Waals surface area contributed by atoms with Crippen LogP contribution in [0.5, 0.6) is 5.75 Å². The zero-order valence-electron chi connectivity index (χ0n) is 16.5. The first kappa shape index (κ1) is 20.0. The monoisotopic (exact) mass is 404 g/mol. The molecule has 2 aromatic heterocycles. The molecule has 0 aliphatic rings. The average Bonchev–Trinajstić information content (AvgIpc) is 3.03. The predicted molar refractivity (Wildman–Crippen MR) is 110 cm³/mol. The third-order valence-electron chi connectivity index (χ3n) is 4.24. The van der Waals surface area contributed by atoms with E-state index in [1.165, 1.54) is 6.33 Å². The molecule has 0 bridgehead atoms. The molecule has 0 radical (unpaired) electrons. The Bertz CT molecular complexity index is 973. The summed E-state index contributed by atoms with van der Waals surface area (Å²) in [6.45, 7) is 8.01. The first-order chi connectivity index (χ1) is 13.3. The van der Waals surface area contributed by atoms with E-state index in [1.54, 1.807) is 18.0 Å². The summed E-state index contributed by atoms with van der Waals surface area (Å²) in [6, 6.07) is 4.74. The fourth-order valence-electron chi connectivity index (χ4n) is 2.60. The van der Waals surface area contributed by atoms with Gasteiger partial charge in [-0.1, -0.05) is 19.6 Å². The number of rotatable bonds is 8. The number of hydrogen-bond donors (Lipinski definition) is 2. The molecule has 0 unspecified atom stereocenters. The lowest BCUT2D eigenvalue weighted by Crippen LogP contribution is -2.22. The minimum Gasteiger partial charge on any atom is -0.494 e. The van der Waals surface area contributed by atoms with Crippen molar-refractivity contribution in [3.63, 3.8) is 0 Å². The van der Waals surface area contributed by atoms with Crippen LogP contribution < -0.4 is 15.8 Å². The molecule has 28 heavy (non-hydrogen) atoms. The Hall–Kier alpha value is -2.72. The van der Waals surface area contributed by atoms with Crippen molar-refractivity contribution in [2.75, 3.05) is 24.8 Å². The zero-order valence-corrected chi connectivity index (χ0v) is 17.5. The van der Waals surface area contributed by atoms with Crippen LogP contribution >= 0.6 is 0 Å². The topological polar surface area (TPSA) is 100 Å². The number of methoxy groups -OCH3 is 1. The molecule has 0 aliphatic carbocycles. The maximum Gasteiger partial charge on any atom is 0.207 e. The highest BCUT2D eigenvalue weighted by Crippen LogP contribution is 2.33. The number of nitrogens with two attached hydrogens (primary N) is 1. The fourth-order valence-corrected chi connectivity index (χ4v) is 3.36. The van der Waals surface area contributed by atoms with Crippen LogP contribution in [0.25, 0.3) is 10.9 Å². The van der Waals surface area contributed by atoms with E-state index in [4.69, 9.17) is 15.2 Å². The molecule has 150 valence electrons. The number of halogens is 1. The van der Waals surface area contributed by atoms with Crippen molar-refractivity contribution in [3.05, 3.63) is 30.5 Å². The molecule has 10 heteroatoms. The van der Waals surface area contributed by atoms with Crippen LogP contribution in [0.2, 0.25) is 25.7 Å². The van der Waals surface area contributed by atoms with Gasteiger partial charge in [-0.25, -0.2) is 14.6 Å². The van der Waals surface area contributed by atoms with Gasteiger partial charge < -0.3 is 20.5 Å². The van der Waals surface area contributed by atoms with Crippen molar-refractivity contribution in [1.82, 2.24) is 19.7 Å². The van der Waals surface area contributed by atoms with Crippen LogP contribution in [-0.2, 0) is 11.5 Å². The van der Waals surface area contributed by atoms with E-state index in [0.717, 1.165) is 16.9 Å². The van der Waals surface area contributed by atoms with Gasteiger partial charge in [0, 0.05) is 26.1 Å². The highest BCUT2D eigenvalue weighted by Gasteiger charge is 2.15. The average molecular weight is 405 g/mol. The minimum absolute atomic E-state index is 0.0211. The highest BCUT2D eigenvalue weighted by molar-refractivity contribution is 6.76. The molecular formula is C18H25FN6O2Si. The second-order valence-electron chi connectivity index (χ2n) is 7.65. The van der Waals surface area contributed by atoms with E-state index in [1.807, 2.05) is 12.1 Å². The number of nitrogens with one attached hydrogen (secondary N) is 1. The number of nitrogens with zero attached hydrogens (tertiary/aromatic N) is 4. The van der Waals surface area contributed by atoms with Gasteiger partial charge in [0.05, 0.1) is 24.5 Å². The van der Waals surface area contributed by atoms with E-state index in [-0.39, 0.29) is 11.6 Å². The molecule has 3 N–H and O–H groups in total. The smallest absolute Gasteiger partial charge is 0.207 e. The number of fused-ring (bicyclic) bond motifs is 1. The predicted octanol–water partition coefficient (Wildman–Crippen LogP) is 3.61. The zero-order chi connectivity index (χ0) is 20.3. The van der Waals surface area contributed by atoms with Crippen LogP contribution in [-0.4, -0.2) is 41.5 Å². The van der Waals surface area contributed by atoms with E-state index >= 15 is 0 Å². The van der Waals surface area contributed by atoms with Crippen molar-refractivity contribution in [3.8, 4) is 5.75 Å². The number of ether oxygens (including phenoxy) is 2. The van der Waals surface area contributed by atoms with Crippen LogP contribution in [0.1, 0.15) is 0 Å². The minimum atomic E-state index is -1.13. The van der Waals surface area contributed by atoms with Crippen molar-refractivity contribution < 1.29 is 13.9 Å². The molecule has 2 heterocycles. The van der Waals surface area contributed by atoms with Crippen LogP contribution in [0.4, 0.5) is 21.7 Å². The standard InChI is InChI=1S/C18H25FN6O2Si/c1-26-15-8-14-12(9-23-25(14)11-27-5-6-28(2,3)4)7-13(15)24-18-16(19)17(20)21-10-22-18/h7-10H,5-6,11H2,1-4H3,(H3,20,21,22,24). The summed E-state index contributed by atoms with van der Waals surface area (Å²) in [6.07, 6.45) is 2.92. The Morgan fingerprint density at radius 1 is 1.25 bits per heavy atom. The number of benzene rings is 1. The van der Waals surface area contributed by atoms with Gasteiger partial charge in [0.25, 0.3) is 0 Å². The van der Waals surface area contributed by atoms with E-state index in [2.05, 4.69) is 40.0 Å². The maximum atomic E-state index is 14.1. The summed E-state index contributed by atoms with van der Waals surface area (Å²) >= 11 is 0. The fraction of sp³-hybridized carbons (Fsp3) is 0.389. The molecule has 0 aliphatic heterocycles. The highest BCUT2D eigenvalue weighted by atomic mass is 28.3. The normalized spacial score (nSPS) is 11.8. The molecular weight excluding hydrogens is 379 g/mol. The molecule has 1 aromatic carbocycles. The molecule has 3 rings (SSSR count). The quantitative estimate of drug-likeness (QED) is 0.437. The van der Waals surface area contributed by atoms with Gasteiger partial charge in [0.15, 0.2) is 11.6 Å². The summed E-state index contributed by atoms with van der Waals surface area (Å²) in [5, 5.41) is 8.15. The first-order valence-electron chi connectivity index (χ1n) is 8.93. The third-order valence-corrected chi connectivity index (χ3v) is 5.95. The lowest BCUT2D eigenvalue weighted by atomic mass is 10.2. The van der Waals surface area contributed by atoms with Gasteiger partial charge >= 0.3 is 0 Å². The largest absolute Gasteiger partial charge is 0.494 e. The van der Waals surface area contributed by atoms with Crippen molar-refractivity contribution in [1.29, 1.82) is 0 Å². The first-order valence-corrected chi connectivity index (χ1v) is 12.6. The number of anilines is 3. The molecule has 0 spiro atoms. The summed E-state index contributed by atoms with van der Waals surface area (Å²) < 4.78 is 27.1. The summed E-state index contributed by atoms with van der Waals surface area (Å²) in [5.41, 5.74) is 6.91. The molecule has 0 saturated carbocycles. The van der Waals surface area contributed by atoms with Crippen molar-refractivity contribution in [2.45, 2.75) is 32.4 Å². The summed E-state index contributed by atoms with van der Waals surface area (Å²) in [7, 11) is 0.410. The van der Waals surface area contributed by atoms with Gasteiger partial charge in [0.1, 0.15) is 18.8 Å². The Kier molecular flexibility index (Phi) is 5.80. The van der Waals surface area contributed by atoms with Crippen LogP contribution in [0.15, 0.2) is 24.7 Å². The molecule has 8 nitrogen and oxygen atoms in total. The molecule has 0 amide bonds. The maximum absolute atomic E-state index is 14.1. The second kappa shape index (κ2) is 8.11. The lowest BCUT2D eigenvalue weighted by Gasteiger charge is -2.15. The van der Waals surface area contributed by atoms with Crippen molar-refractivity contribution in [2.24, 2.45) is 0 Å². The summed E-state index contributed by atoms with van der Waals surface area (Å²) in [4.78, 5) is 7.52. The van der Waals surface area contributed by atoms with Crippen molar-refractivity contribution >= 4 is 36.3 Å². The Morgan fingerprint density at radius 2 is 2.04 bits per heavy atom. The molecule has 0 atom stereocenters. The number of aromatic nitrogens is 4. The van der Waals surface area contributed by atoms with Crippen LogP contribution in [0, 0.1) is 5.82 Å². The SMILES string of the molecule is COc1cc2c(cnn2COCC[Si](C)(C)C)cc1Nc1ncnc(N)c1F.